The van der Waals surface area contributed by atoms with Gasteiger partial charge in [0.25, 0.3) is 11.8 Å². The summed E-state index contributed by atoms with van der Waals surface area (Å²) in [6.45, 7) is 5.95. The molecule has 0 aliphatic rings. The van der Waals surface area contributed by atoms with Crippen molar-refractivity contribution < 1.29 is 72.1 Å². The van der Waals surface area contributed by atoms with E-state index in [2.05, 4.69) is 16.0 Å². The van der Waals surface area contributed by atoms with E-state index in [4.69, 9.17) is 24.2 Å². The maximum Gasteiger partial charge on any atom is 0.363 e. The number of hydroxylamine groups is 2. The predicted octanol–water partition coefficient (Wildman–Crippen LogP) is 4.34. The van der Waals surface area contributed by atoms with Crippen molar-refractivity contribution in [2.24, 2.45) is 5.92 Å². The van der Waals surface area contributed by atoms with Crippen LogP contribution in [0.1, 0.15) is 109 Å². The molecule has 0 fully saturated rings. The van der Waals surface area contributed by atoms with Gasteiger partial charge in [-0.15, -0.1) is 0 Å². The molecule has 6 N–H and O–H groups in total. The average Bonchev–Trinajstić information content (AvgIpc) is 3.69. The summed E-state index contributed by atoms with van der Waals surface area (Å²) in [5.41, 5.74) is 0.338. The Morgan fingerprint density at radius 2 is 1.59 bits per heavy atom. The van der Waals surface area contributed by atoms with Crippen molar-refractivity contribution >= 4 is 48.0 Å². The van der Waals surface area contributed by atoms with E-state index in [1.165, 1.54) is 36.4 Å². The van der Waals surface area contributed by atoms with Crippen LogP contribution < -0.4 is 20.7 Å². The van der Waals surface area contributed by atoms with Crippen LogP contribution in [-0.4, -0.2) is 93.8 Å². The molecule has 0 aliphatic heterocycles. The van der Waals surface area contributed by atoms with E-state index >= 15 is 0 Å². The van der Waals surface area contributed by atoms with Crippen LogP contribution in [0, 0.1) is 11.7 Å². The van der Waals surface area contributed by atoms with Crippen LogP contribution in [0.2, 0.25) is 0 Å². The Kier molecular flexibility index (Phi) is 17.6. The lowest BCUT2D eigenvalue weighted by Crippen LogP contribution is -2.49. The maximum atomic E-state index is 14.0. The highest BCUT2D eigenvalue weighted by Crippen LogP contribution is 2.30. The molecule has 2 aromatic carbocycles. The summed E-state index contributed by atoms with van der Waals surface area (Å²) in [5.74, 6) is -9.88. The Labute approximate surface area is 338 Å². The third-order valence-corrected chi connectivity index (χ3v) is 9.00. The van der Waals surface area contributed by atoms with Crippen molar-refractivity contribution in [2.45, 2.75) is 84.2 Å². The number of rotatable bonds is 24. The number of amides is 4. The molecule has 3 rings (SSSR count). The topological polar surface area (TPSA) is 268 Å². The second-order valence-corrected chi connectivity index (χ2v) is 13.6. The first-order valence-electron chi connectivity index (χ1n) is 18.7. The minimum atomic E-state index is -1.80. The number of carbonyl (C=O) groups excluding carboxylic acids is 5. The molecule has 0 saturated carbocycles. The van der Waals surface area contributed by atoms with Gasteiger partial charge in [-0.1, -0.05) is 53.0 Å². The highest BCUT2D eigenvalue weighted by molar-refractivity contribution is 6.00. The number of ether oxygens (including phenoxy) is 1. The molecule has 3 atom stereocenters. The minimum Gasteiger partial charge on any atom is -0.481 e. The van der Waals surface area contributed by atoms with Gasteiger partial charge in [-0.3, -0.25) is 24.0 Å². The van der Waals surface area contributed by atoms with E-state index in [1.54, 1.807) is 20.8 Å². The molecule has 0 aliphatic carbocycles. The van der Waals surface area contributed by atoms with Crippen molar-refractivity contribution in [1.82, 2.24) is 21.0 Å². The molecule has 0 saturated heterocycles. The molecule has 3 aromatic rings. The lowest BCUT2D eigenvalue weighted by Gasteiger charge is -2.32. The van der Waals surface area contributed by atoms with Crippen molar-refractivity contribution in [2.75, 3.05) is 13.3 Å². The number of benzene rings is 2. The Morgan fingerprint density at radius 3 is 2.20 bits per heavy atom. The van der Waals surface area contributed by atoms with Crippen molar-refractivity contribution in [3.05, 3.63) is 76.8 Å². The molecule has 0 radical (unpaired) electrons. The lowest BCUT2D eigenvalue weighted by atomic mass is 9.90. The summed E-state index contributed by atoms with van der Waals surface area (Å²) in [6, 6.07) is 7.29. The van der Waals surface area contributed by atoms with Crippen LogP contribution in [0.25, 0.3) is 11.3 Å². The van der Waals surface area contributed by atoms with Gasteiger partial charge >= 0.3 is 23.9 Å². The molecular formula is C40H47FN4O14. The molecule has 4 amide bonds. The summed E-state index contributed by atoms with van der Waals surface area (Å²) in [4.78, 5) is 104. The van der Waals surface area contributed by atoms with Gasteiger partial charge < -0.3 is 45.3 Å². The lowest BCUT2D eigenvalue weighted by molar-refractivity contribution is -0.171. The number of carbonyl (C=O) groups is 8. The fraction of sp³-hybridized carbons (Fsp3) is 0.400. The van der Waals surface area contributed by atoms with E-state index in [9.17, 15) is 47.9 Å². The van der Waals surface area contributed by atoms with Gasteiger partial charge in [0, 0.05) is 5.56 Å². The highest BCUT2D eigenvalue weighted by atomic mass is 19.1. The molecule has 59 heavy (non-hydrogen) atoms. The summed E-state index contributed by atoms with van der Waals surface area (Å²) in [6.07, 6.45) is 2.10. The number of halogens is 1. The molecule has 0 bridgehead atoms. The molecular weight excluding hydrogens is 779 g/mol. The van der Waals surface area contributed by atoms with Gasteiger partial charge in [0.1, 0.15) is 23.4 Å². The SMILES string of the molecule is CCCCCC(C(=O)NCNC(=O)c1ccc(-c2ccc(C(=O)NC(CC(=O)O)C(=O)O)c(OCC(=O)O)c2)o1)C(CC)N(C=O)OC(=O)c1ccc(F)cc1C(C)C. The number of nitrogens with one attached hydrogen (secondary N) is 3. The van der Waals surface area contributed by atoms with Crippen LogP contribution in [-0.2, 0) is 28.8 Å². The first kappa shape index (κ1) is 46.6. The van der Waals surface area contributed by atoms with Gasteiger partial charge in [0.2, 0.25) is 12.3 Å². The molecule has 19 heteroatoms. The van der Waals surface area contributed by atoms with Crippen LogP contribution in [0.3, 0.4) is 0 Å². The number of furan rings is 1. The number of hydrogen-bond acceptors (Lipinski definition) is 11. The molecule has 1 heterocycles. The number of hydrogen-bond donors (Lipinski definition) is 6. The highest BCUT2D eigenvalue weighted by Gasteiger charge is 2.34. The van der Waals surface area contributed by atoms with Crippen LogP contribution in [0.4, 0.5) is 4.39 Å². The van der Waals surface area contributed by atoms with Gasteiger partial charge in [0.15, 0.2) is 12.4 Å². The molecule has 3 unspecified atom stereocenters. The second kappa shape index (κ2) is 22.2. The normalized spacial score (nSPS) is 12.4. The molecule has 1 aromatic heterocycles. The van der Waals surface area contributed by atoms with Crippen molar-refractivity contribution in [3.8, 4) is 17.1 Å². The summed E-state index contributed by atoms with van der Waals surface area (Å²) in [5, 5.41) is 35.4. The number of unbranched alkanes of at least 4 members (excludes halogenated alkanes) is 2. The van der Waals surface area contributed by atoms with Crippen molar-refractivity contribution in [3.63, 3.8) is 0 Å². The first-order chi connectivity index (χ1) is 28.0. The zero-order valence-corrected chi connectivity index (χ0v) is 32.8. The summed E-state index contributed by atoms with van der Waals surface area (Å²) >= 11 is 0. The smallest absolute Gasteiger partial charge is 0.363 e. The molecule has 318 valence electrons. The van der Waals surface area contributed by atoms with Crippen LogP contribution >= 0.6 is 0 Å². The van der Waals surface area contributed by atoms with E-state index in [1.807, 2.05) is 6.92 Å². The zero-order chi connectivity index (χ0) is 43.8. The predicted molar refractivity (Wildman–Crippen MR) is 204 cm³/mol. The van der Waals surface area contributed by atoms with Gasteiger partial charge in [-0.05, 0) is 66.8 Å². The first-order valence-corrected chi connectivity index (χ1v) is 18.7. The fourth-order valence-electron chi connectivity index (χ4n) is 6.04. The maximum absolute atomic E-state index is 14.0. The second-order valence-electron chi connectivity index (χ2n) is 13.6. The summed E-state index contributed by atoms with van der Waals surface area (Å²) < 4.78 is 24.9. The largest absolute Gasteiger partial charge is 0.481 e. The monoisotopic (exact) mass is 826 g/mol. The average molecular weight is 827 g/mol. The number of aliphatic carboxylic acids is 3. The van der Waals surface area contributed by atoms with Gasteiger partial charge in [-0.2, -0.15) is 5.06 Å². The summed E-state index contributed by atoms with van der Waals surface area (Å²) in [7, 11) is 0. The Bertz CT molecular complexity index is 2020. The van der Waals surface area contributed by atoms with E-state index < -0.39 is 78.4 Å². The Hall–Kier alpha value is -6.79. The fourth-order valence-corrected chi connectivity index (χ4v) is 6.04. The Morgan fingerprint density at radius 1 is 0.881 bits per heavy atom. The number of carboxylic acid groups (broad SMARTS) is 3. The standard InChI is InChI=1S/C40H47FN4O14/c1-5-7-8-9-26(30(6-2)45(21-46)59-40(56)25-13-11-24(41)17-28(25)22(3)4)36(51)42-20-43-38(53)32-15-14-31(58-32)23-10-12-27(33(16-23)57-19-35(49)50)37(52)44-29(39(54)55)18-34(47)48/h10-17,21-22,26,29-30H,5-9,18-20H2,1-4H3,(H,42,51)(H,43,53)(H,44,52)(H,47,48)(H,49,50)(H,54,55). The minimum absolute atomic E-state index is 0.0621. The van der Waals surface area contributed by atoms with Crippen LogP contribution in [0.5, 0.6) is 5.75 Å². The quantitative estimate of drug-likeness (QED) is 0.0318. The van der Waals surface area contributed by atoms with Crippen LogP contribution in [0.15, 0.2) is 52.9 Å². The van der Waals surface area contributed by atoms with Crippen molar-refractivity contribution in [1.29, 1.82) is 0 Å². The zero-order valence-electron chi connectivity index (χ0n) is 32.8. The molecule has 18 nitrogen and oxygen atoms in total. The number of carboxylic acids is 3. The third kappa shape index (κ3) is 13.4. The van der Waals surface area contributed by atoms with Gasteiger partial charge in [-0.25, -0.2) is 18.8 Å². The van der Waals surface area contributed by atoms with E-state index in [0.717, 1.165) is 30.0 Å². The van der Waals surface area contributed by atoms with E-state index in [0.29, 0.717) is 24.8 Å². The Balaban J connectivity index is 1.75. The third-order valence-electron chi connectivity index (χ3n) is 9.00. The number of nitrogens with zero attached hydrogens (tertiary/aromatic N) is 1. The molecule has 0 spiro atoms. The van der Waals surface area contributed by atoms with E-state index in [-0.39, 0.29) is 53.0 Å². The van der Waals surface area contributed by atoms with Gasteiger partial charge in [0.05, 0.1) is 36.2 Å².